The summed E-state index contributed by atoms with van der Waals surface area (Å²) in [6.07, 6.45) is 0. The number of carbonyl (C=O) groups is 1. The maximum Gasteiger partial charge on any atom is 0.338 e. The topological polar surface area (TPSA) is 54.0 Å². The van der Waals surface area contributed by atoms with Crippen LogP contribution in [0.1, 0.15) is 24.1 Å². The van der Waals surface area contributed by atoms with Crippen LogP contribution in [0.4, 0.5) is 0 Å². The minimum Gasteiger partial charge on any atom is -0.493 e. The average Bonchev–Trinajstić information content (AvgIpc) is 2.58. The molecule has 0 unspecified atom stereocenters. The molecule has 2 rings (SSSR count). The van der Waals surface area contributed by atoms with Gasteiger partial charge in [-0.2, -0.15) is 0 Å². The Kier molecular flexibility index (Phi) is 3.13. The molecule has 2 aromatic carbocycles. The fraction of sp³-hybridized carbons (Fsp3) is 0.235. The molecule has 0 aliphatic rings. The van der Waals surface area contributed by atoms with E-state index in [1.165, 1.54) is 0 Å². The molecule has 0 aliphatic heterocycles. The monoisotopic (exact) mass is 308 g/mol. The molecule has 0 N–H and O–H groups in total. The number of esters is 1. The molecule has 0 radical (unpaired) electrons. The first-order chi connectivity index (χ1) is 13.0. The second-order valence-corrected chi connectivity index (χ2v) is 4.27. The molecule has 5 heteroatoms. The van der Waals surface area contributed by atoms with Gasteiger partial charge in [-0.25, -0.2) is 4.79 Å². The zero-order valence-electron chi connectivity index (χ0n) is 17.8. The lowest BCUT2D eigenvalue weighted by molar-refractivity contribution is 0.0599. The van der Waals surface area contributed by atoms with Crippen LogP contribution in [0.15, 0.2) is 42.5 Å². The lowest BCUT2D eigenvalue weighted by Crippen LogP contribution is -2.05. The Morgan fingerprint density at radius 2 is 1.73 bits per heavy atom. The quantitative estimate of drug-likeness (QED) is 0.768. The van der Waals surface area contributed by atoms with E-state index in [1.54, 1.807) is 30.3 Å². The van der Waals surface area contributed by atoms with Crippen molar-refractivity contribution >= 4 is 5.97 Å². The van der Waals surface area contributed by atoms with Gasteiger partial charge in [0.1, 0.15) is 6.61 Å². The molecule has 22 heavy (non-hydrogen) atoms. The van der Waals surface area contributed by atoms with Crippen molar-refractivity contribution < 1.29 is 32.0 Å². The number of hydrogen-bond acceptors (Lipinski definition) is 5. The number of methoxy groups -OCH3 is 3. The van der Waals surface area contributed by atoms with E-state index in [1.807, 2.05) is 0 Å². The Balaban J connectivity index is 2.52. The van der Waals surface area contributed by atoms with Crippen LogP contribution in [-0.4, -0.2) is 27.2 Å². The van der Waals surface area contributed by atoms with Crippen LogP contribution in [0, 0.1) is 0 Å². The van der Waals surface area contributed by atoms with E-state index in [2.05, 4.69) is 4.74 Å². The van der Waals surface area contributed by atoms with Crippen LogP contribution < -0.4 is 14.2 Å². The lowest BCUT2D eigenvalue weighted by Gasteiger charge is -2.15. The summed E-state index contributed by atoms with van der Waals surface area (Å²) in [5.41, 5.74) is 0.576. The lowest BCUT2D eigenvalue weighted by atomic mass is 10.2. The Hall–Kier alpha value is -2.69. The molecule has 0 spiro atoms. The van der Waals surface area contributed by atoms with Gasteiger partial charge in [0.05, 0.1) is 35.0 Å². The Labute approximate surface area is 137 Å². The van der Waals surface area contributed by atoms with Crippen molar-refractivity contribution in [1.82, 2.24) is 0 Å². The Morgan fingerprint density at radius 1 is 1.09 bits per heavy atom. The zero-order chi connectivity index (χ0) is 20.9. The smallest absolute Gasteiger partial charge is 0.338 e. The van der Waals surface area contributed by atoms with E-state index in [-0.39, 0.29) is 29.4 Å². The summed E-state index contributed by atoms with van der Waals surface area (Å²) >= 11 is 0. The number of benzene rings is 2. The highest BCUT2D eigenvalue weighted by Gasteiger charge is 2.18. The minimum atomic E-state index is -2.88. The molecular formula is C17H18O5. The third kappa shape index (κ3) is 3.49. The van der Waals surface area contributed by atoms with Crippen molar-refractivity contribution in [1.29, 1.82) is 0 Å². The second kappa shape index (κ2) is 7.36. The number of ether oxygens (including phenoxy) is 4. The van der Waals surface area contributed by atoms with Gasteiger partial charge in [-0.3, -0.25) is 0 Å². The second-order valence-electron chi connectivity index (χ2n) is 4.27. The first kappa shape index (κ1) is 9.35. The van der Waals surface area contributed by atoms with E-state index in [9.17, 15) is 4.79 Å². The van der Waals surface area contributed by atoms with E-state index < -0.39 is 20.0 Å². The zero-order valence-corrected chi connectivity index (χ0v) is 11.8. The van der Waals surface area contributed by atoms with Gasteiger partial charge in [0.2, 0.25) is 5.75 Å². The molecule has 0 atom stereocenters. The molecule has 116 valence electrons. The van der Waals surface area contributed by atoms with Gasteiger partial charge in [0.25, 0.3) is 0 Å². The van der Waals surface area contributed by atoms with E-state index in [0.29, 0.717) is 0 Å². The molecule has 0 saturated heterocycles. The third-order valence-electron chi connectivity index (χ3n) is 2.89. The van der Waals surface area contributed by atoms with Gasteiger partial charge in [-0.05, 0) is 17.7 Å². The Bertz CT molecular complexity index is 780. The van der Waals surface area contributed by atoms with Crippen molar-refractivity contribution in [2.45, 2.75) is 6.61 Å². The van der Waals surface area contributed by atoms with Crippen LogP contribution in [0.2, 0.25) is 0 Å². The first-order valence-electron chi connectivity index (χ1n) is 9.29. The minimum absolute atomic E-state index is 0.0207. The summed E-state index contributed by atoms with van der Waals surface area (Å²) in [6.45, 7) is -0.0207. The van der Waals surface area contributed by atoms with Crippen molar-refractivity contribution in [2.24, 2.45) is 0 Å². The molecule has 0 fully saturated rings. The Morgan fingerprint density at radius 3 is 2.27 bits per heavy atom. The molecule has 0 saturated carbocycles. The molecule has 2 aromatic rings. The molecule has 0 aliphatic carbocycles. The molecular weight excluding hydrogens is 284 g/mol. The van der Waals surface area contributed by atoms with Crippen molar-refractivity contribution in [3.63, 3.8) is 0 Å². The highest BCUT2D eigenvalue weighted by Crippen LogP contribution is 2.39. The largest absolute Gasteiger partial charge is 0.493 e. The maximum atomic E-state index is 11.9. The van der Waals surface area contributed by atoms with Crippen LogP contribution >= 0.6 is 0 Å². The van der Waals surface area contributed by atoms with Crippen LogP contribution in [0.5, 0.6) is 17.2 Å². The summed E-state index contributed by atoms with van der Waals surface area (Å²) in [7, 11) is -4.63. The fourth-order valence-electron chi connectivity index (χ4n) is 1.84. The standard InChI is InChI=1S/C17H18O5/c1-19-14-9-13(17(18)21-3)10-15(20-2)16(14)22-11-12-7-5-4-6-8-12/h4-10H,11H2,1-3H3/i1D3,2D3. The highest BCUT2D eigenvalue weighted by atomic mass is 16.5. The van der Waals surface area contributed by atoms with E-state index >= 15 is 0 Å². The first-order valence-corrected chi connectivity index (χ1v) is 6.29. The summed E-state index contributed by atoms with van der Waals surface area (Å²) in [5.74, 6) is -1.85. The van der Waals surface area contributed by atoms with Crippen LogP contribution in [0.25, 0.3) is 0 Å². The highest BCUT2D eigenvalue weighted by molar-refractivity contribution is 5.91. The summed E-state index contributed by atoms with van der Waals surface area (Å²) in [4.78, 5) is 11.9. The summed E-state index contributed by atoms with van der Waals surface area (Å²) in [5, 5.41) is 0. The maximum absolute atomic E-state index is 11.9. The van der Waals surface area contributed by atoms with Gasteiger partial charge in [-0.1, -0.05) is 30.3 Å². The van der Waals surface area contributed by atoms with Crippen molar-refractivity contribution in [3.05, 3.63) is 53.6 Å². The number of rotatable bonds is 6. The van der Waals surface area contributed by atoms with E-state index in [4.69, 9.17) is 22.4 Å². The van der Waals surface area contributed by atoms with Gasteiger partial charge < -0.3 is 18.9 Å². The molecule has 0 amide bonds. The van der Waals surface area contributed by atoms with Crippen molar-refractivity contribution in [2.75, 3.05) is 21.2 Å². The molecule has 0 aromatic heterocycles. The number of carbonyl (C=O) groups excluding carboxylic acids is 1. The van der Waals surface area contributed by atoms with Gasteiger partial charge in [0, 0.05) is 0 Å². The van der Waals surface area contributed by atoms with Gasteiger partial charge in [0.15, 0.2) is 11.5 Å². The predicted octanol–water partition coefficient (Wildman–Crippen LogP) is 3.07. The normalized spacial score (nSPS) is 15.1. The van der Waals surface area contributed by atoms with E-state index in [0.717, 1.165) is 24.8 Å². The van der Waals surface area contributed by atoms with Gasteiger partial charge >= 0.3 is 5.97 Å². The average molecular weight is 308 g/mol. The molecule has 0 heterocycles. The van der Waals surface area contributed by atoms with Crippen molar-refractivity contribution in [3.8, 4) is 17.2 Å². The number of hydrogen-bond donors (Lipinski definition) is 0. The molecule has 5 nitrogen and oxygen atoms in total. The fourth-order valence-corrected chi connectivity index (χ4v) is 1.84. The summed E-state index contributed by atoms with van der Waals surface area (Å²) in [6, 6.07) is 11.1. The summed E-state index contributed by atoms with van der Waals surface area (Å²) < 4.78 is 64.0. The van der Waals surface area contributed by atoms with Crippen LogP contribution in [0.3, 0.4) is 0 Å². The van der Waals surface area contributed by atoms with Crippen LogP contribution in [-0.2, 0) is 11.3 Å². The third-order valence-corrected chi connectivity index (χ3v) is 2.89. The molecule has 0 bridgehead atoms. The predicted molar refractivity (Wildman–Crippen MR) is 81.7 cm³/mol. The van der Waals surface area contributed by atoms with Gasteiger partial charge in [-0.15, -0.1) is 0 Å². The SMILES string of the molecule is [2H]C([2H])([2H])Oc1cc(C(=O)OC)cc(OC([2H])([2H])[2H])c1OCc1ccccc1.